The van der Waals surface area contributed by atoms with Gasteiger partial charge in [0.05, 0.1) is 16.8 Å². The number of aliphatic hydroxyl groups excluding tert-OH is 2. The molecule has 0 aromatic rings. The van der Waals surface area contributed by atoms with Crippen LogP contribution < -0.4 is 0 Å². The predicted octanol–water partition coefficient (Wildman–Crippen LogP) is 4.66. The summed E-state index contributed by atoms with van der Waals surface area (Å²) in [6, 6.07) is 0. The molecule has 12 nitrogen and oxygen atoms in total. The van der Waals surface area contributed by atoms with Crippen molar-refractivity contribution in [2.45, 2.75) is 116 Å². The zero-order valence-corrected chi connectivity index (χ0v) is 21.1. The van der Waals surface area contributed by atoms with Crippen LogP contribution in [0.2, 0.25) is 0 Å². The molecule has 0 bridgehead atoms. The van der Waals surface area contributed by atoms with Crippen LogP contribution in [0.15, 0.2) is 0 Å². The van der Waals surface area contributed by atoms with E-state index in [9.17, 15) is 4.79 Å². The van der Waals surface area contributed by atoms with Crippen LogP contribution in [-0.2, 0) is 26.6 Å². The van der Waals surface area contributed by atoms with E-state index in [4.69, 9.17) is 45.6 Å². The van der Waals surface area contributed by atoms with Gasteiger partial charge in [0.25, 0.3) is 0 Å². The Morgan fingerprint density at radius 2 is 1.03 bits per heavy atom. The normalized spacial score (nSPS) is 10.4. The first-order valence-electron chi connectivity index (χ1n) is 11.7. The number of esters is 1. The Morgan fingerprint density at radius 3 is 1.32 bits per heavy atom. The summed E-state index contributed by atoms with van der Waals surface area (Å²) in [7, 11) is 0. The summed E-state index contributed by atoms with van der Waals surface area (Å²) in [6.45, 7) is 1.79. The Bertz CT molecular complexity index is 439. The van der Waals surface area contributed by atoms with Crippen LogP contribution in [-0.4, -0.2) is 45.7 Å². The molecule has 0 spiro atoms. The molecule has 1 radical (unpaired) electrons. The van der Waals surface area contributed by atoms with E-state index in [2.05, 4.69) is 6.92 Å². The molecule has 0 saturated carbocycles. The molecule has 34 heavy (non-hydrogen) atoms. The molecule has 0 aliphatic carbocycles. The Balaban J connectivity index is -0.000000430. The molecular formula is C21H42CuN2O10. The summed E-state index contributed by atoms with van der Waals surface area (Å²) in [5, 5.41) is 47.2. The minimum Gasteiger partial charge on any atom is -0.463 e. The van der Waals surface area contributed by atoms with Gasteiger partial charge in [-0.1, -0.05) is 96.8 Å². The predicted molar refractivity (Wildman–Crippen MR) is 124 cm³/mol. The fourth-order valence-corrected chi connectivity index (χ4v) is 2.95. The molecule has 1 atom stereocenters. The second kappa shape index (κ2) is 33.5. The Morgan fingerprint density at radius 1 is 0.735 bits per heavy atom. The average molecular weight is 546 g/mol. The van der Waals surface area contributed by atoms with E-state index in [-0.39, 0.29) is 36.3 Å². The van der Waals surface area contributed by atoms with Crippen LogP contribution in [0.1, 0.15) is 110 Å². The van der Waals surface area contributed by atoms with Gasteiger partial charge in [-0.3, -0.25) is 4.79 Å². The minimum absolute atomic E-state index is 0. The van der Waals surface area contributed by atoms with Crippen LogP contribution in [0.5, 0.6) is 0 Å². The minimum atomic E-state index is -1.75. The maximum Gasteiger partial charge on any atom is 2.00 e. The molecule has 0 aliphatic heterocycles. The molecule has 0 heterocycles. The fraction of sp³-hybridized carbons (Fsp3) is 0.952. The number of aliphatic hydroxyl groups is 2. The van der Waals surface area contributed by atoms with Gasteiger partial charge >= 0.3 is 23.0 Å². The van der Waals surface area contributed by atoms with Gasteiger partial charge in [-0.05, 0) is 6.42 Å². The van der Waals surface area contributed by atoms with E-state index < -0.39 is 16.3 Å². The summed E-state index contributed by atoms with van der Waals surface area (Å²) in [5.41, 5.74) is 0. The number of carbonyl (C=O) groups is 1. The molecule has 0 aromatic carbocycles. The summed E-state index contributed by atoms with van der Waals surface area (Å²) < 4.78 is 4.86. The quantitative estimate of drug-likeness (QED) is 0.0755. The zero-order valence-electron chi connectivity index (χ0n) is 20.2. The molecule has 13 heteroatoms. The van der Waals surface area contributed by atoms with Crippen molar-refractivity contribution in [3.8, 4) is 0 Å². The third-order valence-corrected chi connectivity index (χ3v) is 4.63. The number of hydrogen-bond donors (Lipinski definition) is 2. The van der Waals surface area contributed by atoms with Crippen molar-refractivity contribution >= 4 is 5.97 Å². The van der Waals surface area contributed by atoms with Crippen molar-refractivity contribution in [1.29, 1.82) is 0 Å². The van der Waals surface area contributed by atoms with Crippen molar-refractivity contribution in [3.63, 3.8) is 0 Å². The Labute approximate surface area is 212 Å². The van der Waals surface area contributed by atoms with Gasteiger partial charge in [-0.15, -0.1) is 0 Å². The SMILES string of the molecule is CCCCCCCCCCCCCCCCCC(=O)OCC(O)CO.O=[N+]([O-])[O-].O=[N+]([O-])[O-].[Cu+2]. The Hall–Kier alpha value is -1.69. The smallest absolute Gasteiger partial charge is 0.463 e. The van der Waals surface area contributed by atoms with Gasteiger partial charge in [-0.25, -0.2) is 0 Å². The van der Waals surface area contributed by atoms with E-state index in [0.717, 1.165) is 12.8 Å². The Kier molecular flexibility index (Phi) is 38.9. The fourth-order valence-electron chi connectivity index (χ4n) is 2.95. The van der Waals surface area contributed by atoms with Crippen molar-refractivity contribution in [2.75, 3.05) is 13.2 Å². The van der Waals surface area contributed by atoms with Crippen LogP contribution in [0.3, 0.4) is 0 Å². The van der Waals surface area contributed by atoms with Crippen molar-refractivity contribution in [1.82, 2.24) is 0 Å². The molecule has 2 N–H and O–H groups in total. The van der Waals surface area contributed by atoms with Gasteiger partial charge < -0.3 is 45.6 Å². The van der Waals surface area contributed by atoms with Gasteiger partial charge in [0.2, 0.25) is 0 Å². The van der Waals surface area contributed by atoms with Gasteiger partial charge in [-0.2, -0.15) is 0 Å². The molecule has 0 aliphatic rings. The number of unbranched alkanes of at least 4 members (excludes halogenated alkanes) is 14. The van der Waals surface area contributed by atoms with E-state index >= 15 is 0 Å². The van der Waals surface area contributed by atoms with Crippen LogP contribution in [0.25, 0.3) is 0 Å². The first-order valence-corrected chi connectivity index (χ1v) is 11.7. The monoisotopic (exact) mass is 545 g/mol. The van der Waals surface area contributed by atoms with Gasteiger partial charge in [0.15, 0.2) is 0 Å². The maximum atomic E-state index is 11.4. The van der Waals surface area contributed by atoms with Crippen molar-refractivity contribution in [3.05, 3.63) is 30.6 Å². The first-order chi connectivity index (χ1) is 15.7. The van der Waals surface area contributed by atoms with Crippen LogP contribution in [0.4, 0.5) is 0 Å². The zero-order chi connectivity index (χ0) is 25.7. The maximum absolute atomic E-state index is 11.4. The van der Waals surface area contributed by atoms with E-state index in [1.54, 1.807) is 0 Å². The largest absolute Gasteiger partial charge is 2.00 e. The second-order valence-electron chi connectivity index (χ2n) is 7.67. The van der Waals surface area contributed by atoms with Crippen molar-refractivity contribution in [2.24, 2.45) is 0 Å². The van der Waals surface area contributed by atoms with Gasteiger partial charge in [0, 0.05) is 6.42 Å². The molecule has 207 valence electrons. The standard InChI is InChI=1S/C21H42O4.Cu.2NO3/c1-2-3-4-5-6-7-8-9-10-11-12-13-14-15-16-17-21(24)25-19-20(23)18-22;;2*2-1(3)4/h20,22-23H,2-19H2,1H3;;;/q;+2;2*-1. The first kappa shape index (κ1) is 39.5. The summed E-state index contributed by atoms with van der Waals surface area (Å²) in [4.78, 5) is 27.9. The number of carbonyl (C=O) groups excluding carboxylic acids is 1. The summed E-state index contributed by atoms with van der Waals surface area (Å²) >= 11 is 0. The molecule has 0 amide bonds. The van der Waals surface area contributed by atoms with E-state index in [1.807, 2.05) is 0 Å². The second-order valence-corrected chi connectivity index (χ2v) is 7.67. The van der Waals surface area contributed by atoms with E-state index in [1.165, 1.54) is 83.5 Å². The van der Waals surface area contributed by atoms with Gasteiger partial charge in [0.1, 0.15) is 12.7 Å². The third kappa shape index (κ3) is 52.3. The third-order valence-electron chi connectivity index (χ3n) is 4.63. The number of ether oxygens (including phenoxy) is 1. The van der Waals surface area contributed by atoms with Crippen molar-refractivity contribution < 1.29 is 47.0 Å². The topological polar surface area (TPSA) is 199 Å². The molecule has 0 rings (SSSR count). The average Bonchev–Trinajstić information content (AvgIpc) is 2.74. The molecule has 1 unspecified atom stereocenters. The summed E-state index contributed by atoms with van der Waals surface area (Å²) in [6.07, 6.45) is 19.0. The van der Waals surface area contributed by atoms with Crippen LogP contribution in [0, 0.1) is 30.6 Å². The molecule has 0 fully saturated rings. The number of nitrogens with zero attached hydrogens (tertiary/aromatic N) is 2. The van der Waals surface area contributed by atoms with Crippen LogP contribution >= 0.6 is 0 Å². The van der Waals surface area contributed by atoms with E-state index in [0.29, 0.717) is 6.42 Å². The molecule has 0 aromatic heterocycles. The molecule has 0 saturated heterocycles. The molecular weight excluding hydrogens is 504 g/mol. The number of hydrogen-bond acceptors (Lipinski definition) is 10. The summed E-state index contributed by atoms with van der Waals surface area (Å²) in [5.74, 6) is -0.276. The number of rotatable bonds is 19.